The van der Waals surface area contributed by atoms with Gasteiger partial charge in [0.25, 0.3) is 0 Å². The third kappa shape index (κ3) is 8.20. The van der Waals surface area contributed by atoms with E-state index < -0.39 is 29.8 Å². The van der Waals surface area contributed by atoms with Crippen molar-refractivity contribution in [3.63, 3.8) is 0 Å². The number of nitrogens with two attached hydrogens (primary N) is 1. The summed E-state index contributed by atoms with van der Waals surface area (Å²) in [6.45, 7) is 4.30. The molecule has 8 heteroatoms. The van der Waals surface area contributed by atoms with E-state index in [0.29, 0.717) is 6.42 Å². The van der Waals surface area contributed by atoms with Crippen LogP contribution in [0.15, 0.2) is 0 Å². The molecular formula is C12H21N3O5. The smallest absolute Gasteiger partial charge is 0.336 e. The molecule has 0 radical (unpaired) electrons. The first kappa shape index (κ1) is 18.0. The van der Waals surface area contributed by atoms with Crippen molar-refractivity contribution >= 4 is 23.8 Å². The molecule has 0 fully saturated rings. The highest BCUT2D eigenvalue weighted by molar-refractivity contribution is 5.92. The average Bonchev–Trinajstić information content (AvgIpc) is 2.33. The van der Waals surface area contributed by atoms with Gasteiger partial charge in [0.15, 0.2) is 0 Å². The number of nitrogens with one attached hydrogen (secondary N) is 2. The fourth-order valence-corrected chi connectivity index (χ4v) is 1.39. The second-order valence-electron chi connectivity index (χ2n) is 4.64. The topological polar surface area (TPSA) is 128 Å². The van der Waals surface area contributed by atoms with Crippen molar-refractivity contribution in [3.8, 4) is 0 Å². The molecule has 114 valence electrons. The third-order valence-electron chi connectivity index (χ3n) is 2.20. The fourth-order valence-electron chi connectivity index (χ4n) is 1.39. The predicted molar refractivity (Wildman–Crippen MR) is 70.2 cm³/mol. The molecule has 0 bridgehead atoms. The van der Waals surface area contributed by atoms with Gasteiger partial charge in [0.05, 0.1) is 13.1 Å². The third-order valence-corrected chi connectivity index (χ3v) is 2.20. The summed E-state index contributed by atoms with van der Waals surface area (Å²) in [4.78, 5) is 44.9. The van der Waals surface area contributed by atoms with Crippen LogP contribution < -0.4 is 16.4 Å². The van der Waals surface area contributed by atoms with E-state index in [-0.39, 0.29) is 19.0 Å². The van der Waals surface area contributed by atoms with Crippen molar-refractivity contribution in [2.75, 3.05) is 13.1 Å². The van der Waals surface area contributed by atoms with Crippen LogP contribution in [0, 0.1) is 5.92 Å². The molecule has 8 nitrogen and oxygen atoms in total. The molecule has 0 aliphatic rings. The van der Waals surface area contributed by atoms with E-state index in [1.54, 1.807) is 0 Å². The van der Waals surface area contributed by atoms with Crippen molar-refractivity contribution in [3.05, 3.63) is 0 Å². The Kier molecular flexibility index (Phi) is 8.14. The highest BCUT2D eigenvalue weighted by Crippen LogP contribution is 2.06. The van der Waals surface area contributed by atoms with Gasteiger partial charge < -0.3 is 21.1 Å². The Morgan fingerprint density at radius 3 is 2.20 bits per heavy atom. The molecular weight excluding hydrogens is 266 g/mol. The standard InChI is InChI=1S/C12H21N3O5/c1-7(2)4-9(12(19)20-8(3)16)15-11(18)6-14-10(17)5-13/h7,9H,4-6,13H2,1-3H3,(H,14,17)(H,15,18)/t9-/m0/s1. The number of carbonyl (C=O) groups is 4. The van der Waals surface area contributed by atoms with Gasteiger partial charge in [-0.3, -0.25) is 14.4 Å². The normalized spacial score (nSPS) is 11.7. The minimum absolute atomic E-state index is 0.110. The van der Waals surface area contributed by atoms with Crippen molar-refractivity contribution in [2.24, 2.45) is 11.7 Å². The number of hydrogen-bond donors (Lipinski definition) is 3. The number of rotatable bonds is 7. The van der Waals surface area contributed by atoms with Gasteiger partial charge in [-0.25, -0.2) is 4.79 Å². The van der Waals surface area contributed by atoms with E-state index in [2.05, 4.69) is 15.4 Å². The van der Waals surface area contributed by atoms with E-state index in [1.165, 1.54) is 0 Å². The van der Waals surface area contributed by atoms with Crippen LogP contribution in [0.25, 0.3) is 0 Å². The van der Waals surface area contributed by atoms with Gasteiger partial charge in [0.2, 0.25) is 11.8 Å². The zero-order chi connectivity index (χ0) is 15.7. The molecule has 0 aromatic carbocycles. The highest BCUT2D eigenvalue weighted by Gasteiger charge is 2.24. The lowest BCUT2D eigenvalue weighted by molar-refractivity contribution is -0.160. The van der Waals surface area contributed by atoms with Crippen LogP contribution in [-0.4, -0.2) is 42.9 Å². The van der Waals surface area contributed by atoms with Crippen molar-refractivity contribution in [1.29, 1.82) is 0 Å². The first-order valence-corrected chi connectivity index (χ1v) is 6.24. The Bertz CT molecular complexity index is 381. The summed E-state index contributed by atoms with van der Waals surface area (Å²) in [5.74, 6) is -2.48. The quantitative estimate of drug-likeness (QED) is 0.394. The van der Waals surface area contributed by atoms with Crippen molar-refractivity contribution in [1.82, 2.24) is 10.6 Å². The summed E-state index contributed by atoms with van der Waals surface area (Å²) in [5, 5.41) is 4.69. The zero-order valence-corrected chi connectivity index (χ0v) is 11.9. The Morgan fingerprint density at radius 2 is 1.75 bits per heavy atom. The van der Waals surface area contributed by atoms with Gasteiger partial charge in [-0.2, -0.15) is 0 Å². The van der Waals surface area contributed by atoms with Gasteiger partial charge in [-0.15, -0.1) is 0 Å². The summed E-state index contributed by atoms with van der Waals surface area (Å²) in [6, 6.07) is -0.929. The molecule has 0 saturated heterocycles. The SMILES string of the molecule is CC(=O)OC(=O)[C@H](CC(C)C)NC(=O)CNC(=O)CN. The Balaban J connectivity index is 4.48. The summed E-state index contributed by atoms with van der Waals surface area (Å²) < 4.78 is 4.46. The molecule has 0 aromatic rings. The molecule has 2 amide bonds. The Morgan fingerprint density at radius 1 is 1.15 bits per heavy atom. The number of hydrogen-bond acceptors (Lipinski definition) is 6. The van der Waals surface area contributed by atoms with Crippen LogP contribution in [0.1, 0.15) is 27.2 Å². The van der Waals surface area contributed by atoms with Crippen LogP contribution in [0.3, 0.4) is 0 Å². The average molecular weight is 287 g/mol. The lowest BCUT2D eigenvalue weighted by Gasteiger charge is -2.18. The minimum atomic E-state index is -0.929. The molecule has 4 N–H and O–H groups in total. The van der Waals surface area contributed by atoms with Crippen LogP contribution in [0.2, 0.25) is 0 Å². The van der Waals surface area contributed by atoms with E-state index in [4.69, 9.17) is 5.73 Å². The molecule has 20 heavy (non-hydrogen) atoms. The maximum Gasteiger partial charge on any atom is 0.336 e. The van der Waals surface area contributed by atoms with Crippen LogP contribution in [0.4, 0.5) is 0 Å². The molecule has 0 heterocycles. The fraction of sp³-hybridized carbons (Fsp3) is 0.667. The molecule has 0 aliphatic heterocycles. The molecule has 0 spiro atoms. The van der Waals surface area contributed by atoms with E-state index in [9.17, 15) is 19.2 Å². The monoisotopic (exact) mass is 287 g/mol. The summed E-state index contributed by atoms with van der Waals surface area (Å²) in [6.07, 6.45) is 0.322. The van der Waals surface area contributed by atoms with Crippen LogP contribution >= 0.6 is 0 Å². The second kappa shape index (κ2) is 9.03. The van der Waals surface area contributed by atoms with Crippen LogP contribution in [0.5, 0.6) is 0 Å². The summed E-state index contributed by atoms with van der Waals surface area (Å²) in [7, 11) is 0. The largest absolute Gasteiger partial charge is 0.392 e. The molecule has 1 atom stereocenters. The predicted octanol–water partition coefficient (Wildman–Crippen LogP) is -1.32. The molecule has 0 unspecified atom stereocenters. The first-order valence-electron chi connectivity index (χ1n) is 6.24. The second-order valence-corrected chi connectivity index (χ2v) is 4.64. The van der Waals surface area contributed by atoms with Gasteiger partial charge in [0, 0.05) is 6.92 Å². The summed E-state index contributed by atoms with van der Waals surface area (Å²) >= 11 is 0. The van der Waals surface area contributed by atoms with Crippen molar-refractivity contribution in [2.45, 2.75) is 33.2 Å². The number of carbonyl (C=O) groups excluding carboxylic acids is 4. The maximum atomic E-state index is 11.7. The lowest BCUT2D eigenvalue weighted by atomic mass is 10.0. The van der Waals surface area contributed by atoms with Gasteiger partial charge >= 0.3 is 11.9 Å². The van der Waals surface area contributed by atoms with E-state index >= 15 is 0 Å². The van der Waals surface area contributed by atoms with Crippen LogP contribution in [-0.2, 0) is 23.9 Å². The summed E-state index contributed by atoms with van der Waals surface area (Å²) in [5.41, 5.74) is 5.07. The molecule has 0 saturated carbocycles. The van der Waals surface area contributed by atoms with Crippen molar-refractivity contribution < 1.29 is 23.9 Å². The molecule has 0 aromatic heterocycles. The molecule has 0 rings (SSSR count). The Hall–Kier alpha value is -1.96. The lowest BCUT2D eigenvalue weighted by Crippen LogP contribution is -2.47. The first-order chi connectivity index (χ1) is 9.26. The molecule has 0 aliphatic carbocycles. The zero-order valence-electron chi connectivity index (χ0n) is 11.9. The van der Waals surface area contributed by atoms with Gasteiger partial charge in [-0.1, -0.05) is 13.8 Å². The number of amides is 2. The van der Waals surface area contributed by atoms with E-state index in [0.717, 1.165) is 6.92 Å². The van der Waals surface area contributed by atoms with E-state index in [1.807, 2.05) is 13.8 Å². The highest BCUT2D eigenvalue weighted by atomic mass is 16.6. The van der Waals surface area contributed by atoms with Gasteiger partial charge in [0.1, 0.15) is 6.04 Å². The number of esters is 2. The maximum absolute atomic E-state index is 11.7. The minimum Gasteiger partial charge on any atom is -0.392 e. The Labute approximate surface area is 117 Å². The number of ether oxygens (including phenoxy) is 1. The van der Waals surface area contributed by atoms with Gasteiger partial charge in [-0.05, 0) is 12.3 Å².